The second kappa shape index (κ2) is 7.21. The molecule has 1 fully saturated rings. The number of ether oxygens (including phenoxy) is 2. The number of furan rings is 1. The lowest BCUT2D eigenvalue weighted by molar-refractivity contribution is -0.161. The number of hydrogen-bond donors (Lipinski definition) is 0. The number of ketones is 2. The fraction of sp³-hybridized carbons (Fsp3) is 0.500. The molecule has 0 unspecified atom stereocenters. The molecule has 0 aromatic carbocycles. The molecular weight excluding hydrogens is 304 g/mol. The van der Waals surface area contributed by atoms with Crippen LogP contribution in [-0.4, -0.2) is 36.7 Å². The summed E-state index contributed by atoms with van der Waals surface area (Å²) in [7, 11) is 0. The lowest BCUT2D eigenvalue weighted by Gasteiger charge is -2.32. The minimum Gasteiger partial charge on any atom is -0.469 e. The molecule has 0 amide bonds. The number of carbonyl (C=O) groups is 4. The first kappa shape index (κ1) is 16.9. The third kappa shape index (κ3) is 3.33. The highest BCUT2D eigenvalue weighted by Gasteiger charge is 2.53. The number of rotatable bonds is 5. The van der Waals surface area contributed by atoms with E-state index in [2.05, 4.69) is 0 Å². The Morgan fingerprint density at radius 1 is 1.09 bits per heavy atom. The zero-order valence-electron chi connectivity index (χ0n) is 12.9. The van der Waals surface area contributed by atoms with E-state index in [-0.39, 0.29) is 19.0 Å². The van der Waals surface area contributed by atoms with Crippen molar-refractivity contribution in [1.82, 2.24) is 0 Å². The van der Waals surface area contributed by atoms with Crippen molar-refractivity contribution < 1.29 is 33.1 Å². The molecule has 0 aliphatic heterocycles. The maximum Gasteiger partial charge on any atom is 0.317 e. The van der Waals surface area contributed by atoms with Crippen molar-refractivity contribution in [3.8, 4) is 0 Å². The van der Waals surface area contributed by atoms with Gasteiger partial charge in [0.25, 0.3) is 0 Å². The molecule has 2 rings (SSSR count). The molecule has 0 bridgehead atoms. The van der Waals surface area contributed by atoms with Crippen LogP contribution in [-0.2, 0) is 28.7 Å². The topological polar surface area (TPSA) is 99.9 Å². The summed E-state index contributed by atoms with van der Waals surface area (Å²) in [5.41, 5.74) is 0. The van der Waals surface area contributed by atoms with Crippen LogP contribution in [0.1, 0.15) is 31.9 Å². The van der Waals surface area contributed by atoms with Crippen LogP contribution in [0.5, 0.6) is 0 Å². The molecule has 0 saturated heterocycles. The molecule has 1 aliphatic rings. The summed E-state index contributed by atoms with van der Waals surface area (Å²) >= 11 is 0. The predicted molar refractivity (Wildman–Crippen MR) is 76.3 cm³/mol. The SMILES string of the molecule is CCOC(=O)[C@H]1C(=O)CC(=O)[C@H](C(=O)OCC)C1c1ccco1. The van der Waals surface area contributed by atoms with Gasteiger partial charge in [0.05, 0.1) is 31.8 Å². The standard InChI is InChI=1S/C16H18O7/c1-3-21-15(19)12-9(17)8-10(18)13(16(20)22-4-2)14(12)11-6-5-7-23-11/h5-7,12-14H,3-4,8H2,1-2H3/t12-,13-/m0/s1. The number of hydrogen-bond acceptors (Lipinski definition) is 7. The third-order valence-corrected chi connectivity index (χ3v) is 3.71. The Bertz CT molecular complexity index is 566. The molecule has 0 spiro atoms. The van der Waals surface area contributed by atoms with E-state index in [1.807, 2.05) is 0 Å². The lowest BCUT2D eigenvalue weighted by Crippen LogP contribution is -2.47. The van der Waals surface area contributed by atoms with Gasteiger partial charge < -0.3 is 13.9 Å². The van der Waals surface area contributed by atoms with Crippen LogP contribution in [0.3, 0.4) is 0 Å². The number of carbonyl (C=O) groups excluding carboxylic acids is 4. The van der Waals surface area contributed by atoms with Crippen LogP contribution in [0.25, 0.3) is 0 Å². The smallest absolute Gasteiger partial charge is 0.317 e. The van der Waals surface area contributed by atoms with Crippen LogP contribution in [0.15, 0.2) is 22.8 Å². The fourth-order valence-corrected chi connectivity index (χ4v) is 2.81. The van der Waals surface area contributed by atoms with E-state index in [1.54, 1.807) is 19.9 Å². The van der Waals surface area contributed by atoms with E-state index in [0.717, 1.165) is 0 Å². The van der Waals surface area contributed by atoms with Crippen molar-refractivity contribution in [3.05, 3.63) is 24.2 Å². The Labute approximate surface area is 132 Å². The van der Waals surface area contributed by atoms with Gasteiger partial charge in [0.15, 0.2) is 11.6 Å². The largest absolute Gasteiger partial charge is 0.469 e. The van der Waals surface area contributed by atoms with Gasteiger partial charge in [-0.2, -0.15) is 0 Å². The summed E-state index contributed by atoms with van der Waals surface area (Å²) in [6.07, 6.45) is 0.855. The Morgan fingerprint density at radius 3 is 2.00 bits per heavy atom. The van der Waals surface area contributed by atoms with Gasteiger partial charge in [-0.1, -0.05) is 0 Å². The van der Waals surface area contributed by atoms with Gasteiger partial charge in [0, 0.05) is 0 Å². The Morgan fingerprint density at radius 2 is 1.61 bits per heavy atom. The zero-order valence-corrected chi connectivity index (χ0v) is 12.9. The minimum atomic E-state index is -1.26. The van der Waals surface area contributed by atoms with E-state index >= 15 is 0 Å². The van der Waals surface area contributed by atoms with Gasteiger partial charge in [-0.25, -0.2) is 0 Å². The van der Waals surface area contributed by atoms with E-state index in [0.29, 0.717) is 0 Å². The molecule has 1 saturated carbocycles. The summed E-state index contributed by atoms with van der Waals surface area (Å²) in [6, 6.07) is 3.08. The molecule has 124 valence electrons. The summed E-state index contributed by atoms with van der Waals surface area (Å²) in [5.74, 6) is -6.02. The van der Waals surface area contributed by atoms with E-state index < -0.39 is 47.7 Å². The Hall–Kier alpha value is -2.44. The summed E-state index contributed by atoms with van der Waals surface area (Å²) in [5, 5.41) is 0. The molecule has 0 N–H and O–H groups in total. The molecule has 23 heavy (non-hydrogen) atoms. The third-order valence-electron chi connectivity index (χ3n) is 3.71. The van der Waals surface area contributed by atoms with Gasteiger partial charge in [-0.05, 0) is 26.0 Å². The van der Waals surface area contributed by atoms with Gasteiger partial charge in [0.1, 0.15) is 17.6 Å². The monoisotopic (exact) mass is 322 g/mol. The van der Waals surface area contributed by atoms with Crippen molar-refractivity contribution in [2.45, 2.75) is 26.2 Å². The van der Waals surface area contributed by atoms with Gasteiger partial charge >= 0.3 is 11.9 Å². The van der Waals surface area contributed by atoms with Crippen LogP contribution in [0.2, 0.25) is 0 Å². The van der Waals surface area contributed by atoms with Crippen molar-refractivity contribution >= 4 is 23.5 Å². The van der Waals surface area contributed by atoms with E-state index in [4.69, 9.17) is 13.9 Å². The molecule has 7 heteroatoms. The fourth-order valence-electron chi connectivity index (χ4n) is 2.81. The summed E-state index contributed by atoms with van der Waals surface area (Å²) < 4.78 is 15.1. The lowest BCUT2D eigenvalue weighted by atomic mass is 9.69. The van der Waals surface area contributed by atoms with Crippen LogP contribution >= 0.6 is 0 Å². The molecule has 0 radical (unpaired) electrons. The van der Waals surface area contributed by atoms with Crippen LogP contribution in [0, 0.1) is 11.8 Å². The highest BCUT2D eigenvalue weighted by atomic mass is 16.5. The van der Waals surface area contributed by atoms with Gasteiger partial charge in [-0.3, -0.25) is 19.2 Å². The normalized spacial score (nSPS) is 22.0. The Kier molecular flexibility index (Phi) is 5.31. The van der Waals surface area contributed by atoms with Crippen LogP contribution in [0.4, 0.5) is 0 Å². The summed E-state index contributed by atoms with van der Waals surface area (Å²) in [4.78, 5) is 48.9. The van der Waals surface area contributed by atoms with E-state index in [1.165, 1.54) is 12.3 Å². The summed E-state index contributed by atoms with van der Waals surface area (Å²) in [6.45, 7) is 3.40. The second-order valence-electron chi connectivity index (χ2n) is 5.11. The van der Waals surface area contributed by atoms with Gasteiger partial charge in [-0.15, -0.1) is 0 Å². The quantitative estimate of drug-likeness (QED) is 0.594. The second-order valence-corrected chi connectivity index (χ2v) is 5.11. The number of esters is 2. The molecule has 1 aliphatic carbocycles. The molecule has 1 heterocycles. The Balaban J connectivity index is 2.47. The highest BCUT2D eigenvalue weighted by Crippen LogP contribution is 2.40. The van der Waals surface area contributed by atoms with E-state index in [9.17, 15) is 19.2 Å². The molecule has 1 aromatic heterocycles. The zero-order chi connectivity index (χ0) is 17.0. The maximum atomic E-state index is 12.2. The van der Waals surface area contributed by atoms with Crippen molar-refractivity contribution in [3.63, 3.8) is 0 Å². The molecule has 7 nitrogen and oxygen atoms in total. The highest BCUT2D eigenvalue weighted by molar-refractivity contribution is 6.16. The minimum absolute atomic E-state index is 0.0888. The average molecular weight is 322 g/mol. The first-order chi connectivity index (χ1) is 11.0. The van der Waals surface area contributed by atoms with Crippen LogP contribution < -0.4 is 0 Å². The molecule has 2 atom stereocenters. The van der Waals surface area contributed by atoms with Gasteiger partial charge in [0.2, 0.25) is 0 Å². The van der Waals surface area contributed by atoms with Crippen molar-refractivity contribution in [1.29, 1.82) is 0 Å². The predicted octanol–water partition coefficient (Wildman–Crippen LogP) is 1.26. The average Bonchev–Trinajstić information content (AvgIpc) is 3.00. The molecule has 1 aromatic rings. The first-order valence-corrected chi connectivity index (χ1v) is 7.43. The first-order valence-electron chi connectivity index (χ1n) is 7.43. The van der Waals surface area contributed by atoms with Crippen molar-refractivity contribution in [2.75, 3.05) is 13.2 Å². The van der Waals surface area contributed by atoms with Crippen molar-refractivity contribution in [2.24, 2.45) is 11.8 Å². The molecular formula is C16H18O7. The maximum absolute atomic E-state index is 12.2. The number of Topliss-reactive ketones (excluding diaryl/α,β-unsaturated/α-hetero) is 2.